The standard InChI is InChI=1S/C22H29N3O3/c1-4-25(18-12-13-24(16-18)15-17-8-6-5-7-9-17)22(26)23-20-14-19(27-2)10-11-21(20)28-3/h5-11,14,18H,4,12-13,15-16H2,1-3H3,(H,23,26). The zero-order chi connectivity index (χ0) is 19.9. The molecular weight excluding hydrogens is 354 g/mol. The van der Waals surface area contributed by atoms with Gasteiger partial charge in [0.05, 0.1) is 19.9 Å². The Morgan fingerprint density at radius 3 is 2.64 bits per heavy atom. The first-order chi connectivity index (χ1) is 13.6. The van der Waals surface area contributed by atoms with Gasteiger partial charge < -0.3 is 19.7 Å². The molecule has 0 saturated carbocycles. The summed E-state index contributed by atoms with van der Waals surface area (Å²) in [5, 5.41) is 2.99. The van der Waals surface area contributed by atoms with Gasteiger partial charge in [-0.3, -0.25) is 4.90 Å². The van der Waals surface area contributed by atoms with Crippen LogP contribution >= 0.6 is 0 Å². The summed E-state index contributed by atoms with van der Waals surface area (Å²) in [4.78, 5) is 17.3. The van der Waals surface area contributed by atoms with E-state index in [2.05, 4.69) is 34.5 Å². The number of likely N-dealkylation sites (N-methyl/N-ethyl adjacent to an activating group) is 1. The zero-order valence-corrected chi connectivity index (χ0v) is 16.9. The Labute approximate surface area is 167 Å². The Kier molecular flexibility index (Phi) is 6.76. The van der Waals surface area contributed by atoms with E-state index in [0.29, 0.717) is 23.7 Å². The number of nitrogens with zero attached hydrogens (tertiary/aromatic N) is 2. The Morgan fingerprint density at radius 2 is 1.96 bits per heavy atom. The first kappa shape index (κ1) is 20.0. The number of hydrogen-bond donors (Lipinski definition) is 1. The molecule has 6 heteroatoms. The van der Waals surface area contributed by atoms with Gasteiger partial charge in [-0.25, -0.2) is 4.79 Å². The lowest BCUT2D eigenvalue weighted by atomic mass is 10.2. The molecule has 1 heterocycles. The summed E-state index contributed by atoms with van der Waals surface area (Å²) < 4.78 is 10.6. The molecule has 0 radical (unpaired) electrons. The molecule has 0 aromatic heterocycles. The molecule has 1 saturated heterocycles. The number of ether oxygens (including phenoxy) is 2. The van der Waals surface area contributed by atoms with E-state index >= 15 is 0 Å². The molecule has 1 aliphatic rings. The Balaban J connectivity index is 1.64. The van der Waals surface area contributed by atoms with Crippen LogP contribution in [0, 0.1) is 0 Å². The molecule has 28 heavy (non-hydrogen) atoms. The molecule has 2 aromatic rings. The molecule has 0 aliphatic carbocycles. The average molecular weight is 383 g/mol. The van der Waals surface area contributed by atoms with Crippen molar-refractivity contribution in [2.24, 2.45) is 0 Å². The van der Waals surface area contributed by atoms with E-state index in [-0.39, 0.29) is 12.1 Å². The second-order valence-electron chi connectivity index (χ2n) is 6.95. The lowest BCUT2D eigenvalue weighted by molar-refractivity contribution is 0.189. The highest BCUT2D eigenvalue weighted by atomic mass is 16.5. The number of carbonyl (C=O) groups excluding carboxylic acids is 1. The second-order valence-corrected chi connectivity index (χ2v) is 6.95. The maximum atomic E-state index is 13.0. The topological polar surface area (TPSA) is 54.0 Å². The number of benzene rings is 2. The maximum absolute atomic E-state index is 13.0. The lowest BCUT2D eigenvalue weighted by Crippen LogP contribution is -2.44. The SMILES string of the molecule is CCN(C(=O)Nc1cc(OC)ccc1OC)C1CCN(Cc2ccccc2)C1. The van der Waals surface area contributed by atoms with Gasteiger partial charge in [0.15, 0.2) is 0 Å². The zero-order valence-electron chi connectivity index (χ0n) is 16.9. The molecular formula is C22H29N3O3. The molecule has 1 fully saturated rings. The number of carbonyl (C=O) groups is 1. The van der Waals surface area contributed by atoms with Crippen molar-refractivity contribution in [3.63, 3.8) is 0 Å². The van der Waals surface area contributed by atoms with Crippen molar-refractivity contribution in [2.75, 3.05) is 39.2 Å². The van der Waals surface area contributed by atoms with Crippen molar-refractivity contribution in [2.45, 2.75) is 25.9 Å². The summed E-state index contributed by atoms with van der Waals surface area (Å²) in [6.45, 7) is 5.46. The number of rotatable bonds is 7. The number of likely N-dealkylation sites (tertiary alicyclic amines) is 1. The third-order valence-electron chi connectivity index (χ3n) is 5.19. The number of anilines is 1. The van der Waals surface area contributed by atoms with Gasteiger partial charge in [0.1, 0.15) is 11.5 Å². The maximum Gasteiger partial charge on any atom is 0.322 e. The van der Waals surface area contributed by atoms with Crippen LogP contribution in [0.5, 0.6) is 11.5 Å². The molecule has 1 aliphatic heterocycles. The quantitative estimate of drug-likeness (QED) is 0.789. The fourth-order valence-electron chi connectivity index (χ4n) is 3.72. The highest BCUT2D eigenvalue weighted by molar-refractivity contribution is 5.91. The van der Waals surface area contributed by atoms with E-state index in [1.165, 1.54) is 5.56 Å². The summed E-state index contributed by atoms with van der Waals surface area (Å²) in [5.74, 6) is 1.29. The first-order valence-corrected chi connectivity index (χ1v) is 9.70. The largest absolute Gasteiger partial charge is 0.497 e. The fraction of sp³-hybridized carbons (Fsp3) is 0.409. The number of methoxy groups -OCH3 is 2. The number of hydrogen-bond acceptors (Lipinski definition) is 4. The van der Waals surface area contributed by atoms with Gasteiger partial charge in [0, 0.05) is 38.3 Å². The van der Waals surface area contributed by atoms with Crippen molar-refractivity contribution in [1.29, 1.82) is 0 Å². The van der Waals surface area contributed by atoms with Gasteiger partial charge in [0.2, 0.25) is 0 Å². The fourth-order valence-corrected chi connectivity index (χ4v) is 3.72. The Hall–Kier alpha value is -2.73. The molecule has 0 spiro atoms. The Bertz CT molecular complexity index is 782. The van der Waals surface area contributed by atoms with Crippen molar-refractivity contribution < 1.29 is 14.3 Å². The van der Waals surface area contributed by atoms with Crippen LogP contribution in [0.3, 0.4) is 0 Å². The lowest BCUT2D eigenvalue weighted by Gasteiger charge is -2.28. The third-order valence-corrected chi connectivity index (χ3v) is 5.19. The second kappa shape index (κ2) is 9.46. The summed E-state index contributed by atoms with van der Waals surface area (Å²) in [6.07, 6.45) is 0.976. The summed E-state index contributed by atoms with van der Waals surface area (Å²) in [5.41, 5.74) is 1.92. The summed E-state index contributed by atoms with van der Waals surface area (Å²) in [7, 11) is 3.19. The van der Waals surface area contributed by atoms with Crippen LogP contribution in [0.1, 0.15) is 18.9 Å². The van der Waals surface area contributed by atoms with E-state index in [1.54, 1.807) is 26.4 Å². The summed E-state index contributed by atoms with van der Waals surface area (Å²) in [6, 6.07) is 15.9. The minimum absolute atomic E-state index is 0.111. The van der Waals surface area contributed by atoms with Crippen molar-refractivity contribution in [1.82, 2.24) is 9.80 Å². The Morgan fingerprint density at radius 1 is 1.18 bits per heavy atom. The van der Waals surface area contributed by atoms with E-state index in [4.69, 9.17) is 9.47 Å². The molecule has 150 valence electrons. The molecule has 2 aromatic carbocycles. The monoisotopic (exact) mass is 383 g/mol. The molecule has 1 atom stereocenters. The first-order valence-electron chi connectivity index (χ1n) is 9.70. The van der Waals surface area contributed by atoms with Gasteiger partial charge in [0.25, 0.3) is 0 Å². The van der Waals surface area contributed by atoms with Crippen LogP contribution in [-0.2, 0) is 6.54 Å². The van der Waals surface area contributed by atoms with E-state index in [1.807, 2.05) is 24.0 Å². The normalized spacial score (nSPS) is 16.6. The highest BCUT2D eigenvalue weighted by Gasteiger charge is 2.30. The molecule has 2 amide bonds. The summed E-state index contributed by atoms with van der Waals surface area (Å²) >= 11 is 0. The van der Waals surface area contributed by atoms with Crippen molar-refractivity contribution in [3.8, 4) is 11.5 Å². The van der Waals surface area contributed by atoms with Crippen LogP contribution in [0.15, 0.2) is 48.5 Å². The van der Waals surface area contributed by atoms with Crippen LogP contribution in [0.25, 0.3) is 0 Å². The van der Waals surface area contributed by atoms with Gasteiger partial charge in [-0.05, 0) is 31.0 Å². The molecule has 3 rings (SSSR count). The molecule has 6 nitrogen and oxygen atoms in total. The molecule has 1 unspecified atom stereocenters. The number of amides is 2. The van der Waals surface area contributed by atoms with Gasteiger partial charge in [-0.2, -0.15) is 0 Å². The number of nitrogens with one attached hydrogen (secondary N) is 1. The van der Waals surface area contributed by atoms with Crippen LogP contribution < -0.4 is 14.8 Å². The van der Waals surface area contributed by atoms with Gasteiger partial charge in [-0.1, -0.05) is 30.3 Å². The van der Waals surface area contributed by atoms with Crippen LogP contribution in [-0.4, -0.2) is 55.7 Å². The van der Waals surface area contributed by atoms with Crippen molar-refractivity contribution >= 4 is 11.7 Å². The van der Waals surface area contributed by atoms with Gasteiger partial charge in [-0.15, -0.1) is 0 Å². The average Bonchev–Trinajstić information content (AvgIpc) is 3.17. The minimum Gasteiger partial charge on any atom is -0.497 e. The van der Waals surface area contributed by atoms with Crippen molar-refractivity contribution in [3.05, 3.63) is 54.1 Å². The number of urea groups is 1. The van der Waals surface area contributed by atoms with Gasteiger partial charge >= 0.3 is 6.03 Å². The highest BCUT2D eigenvalue weighted by Crippen LogP contribution is 2.29. The molecule has 0 bridgehead atoms. The predicted molar refractivity (Wildman–Crippen MR) is 111 cm³/mol. The predicted octanol–water partition coefficient (Wildman–Crippen LogP) is 3.83. The smallest absolute Gasteiger partial charge is 0.322 e. The minimum atomic E-state index is -0.111. The molecule has 1 N–H and O–H groups in total. The van der Waals surface area contributed by atoms with E-state index < -0.39 is 0 Å². The third kappa shape index (κ3) is 4.75. The van der Waals surface area contributed by atoms with Crippen LogP contribution in [0.4, 0.5) is 10.5 Å². The van der Waals surface area contributed by atoms with Crippen LogP contribution in [0.2, 0.25) is 0 Å². The van der Waals surface area contributed by atoms with E-state index in [0.717, 1.165) is 26.1 Å². The van der Waals surface area contributed by atoms with E-state index in [9.17, 15) is 4.79 Å².